The monoisotopic (exact) mass is 200 g/mol. The van der Waals surface area contributed by atoms with Crippen molar-refractivity contribution in [1.82, 2.24) is 10.3 Å². The molecule has 0 saturated heterocycles. The van der Waals surface area contributed by atoms with Gasteiger partial charge in [0.1, 0.15) is 0 Å². The molecule has 0 aliphatic heterocycles. The van der Waals surface area contributed by atoms with Gasteiger partial charge >= 0.3 is 0 Å². The highest BCUT2D eigenvalue weighted by atomic mass is 19.3. The zero-order valence-electron chi connectivity index (χ0n) is 8.13. The minimum absolute atomic E-state index is 0.0383. The van der Waals surface area contributed by atoms with Gasteiger partial charge in [0.05, 0.1) is 6.54 Å². The normalized spacial score (nSPS) is 11.6. The number of nitrogens with zero attached hydrogens (tertiary/aromatic N) is 1. The minimum atomic E-state index is -2.83. The Balaban J connectivity index is 2.56. The van der Waals surface area contributed by atoms with Crippen molar-refractivity contribution in [2.24, 2.45) is 0 Å². The minimum Gasteiger partial charge on any atom is -0.311 e. The molecule has 0 amide bonds. The summed E-state index contributed by atoms with van der Waals surface area (Å²) in [7, 11) is 0. The van der Waals surface area contributed by atoms with Crippen LogP contribution >= 0.6 is 0 Å². The van der Waals surface area contributed by atoms with E-state index in [1.54, 1.807) is 0 Å². The van der Waals surface area contributed by atoms with Crippen LogP contribution in [0.25, 0.3) is 0 Å². The Morgan fingerprint density at radius 1 is 1.50 bits per heavy atom. The fourth-order valence-electron chi connectivity index (χ4n) is 1.10. The molecular formula is C10H14F2N2. The van der Waals surface area contributed by atoms with Crippen LogP contribution in [0.2, 0.25) is 0 Å². The predicted octanol–water partition coefficient (Wildman–Crippen LogP) is 2.17. The van der Waals surface area contributed by atoms with E-state index in [1.165, 1.54) is 24.5 Å². The Hall–Kier alpha value is -1.03. The lowest BCUT2D eigenvalue weighted by atomic mass is 10.1. The van der Waals surface area contributed by atoms with Crippen LogP contribution in [0.3, 0.4) is 0 Å². The van der Waals surface area contributed by atoms with E-state index in [0.29, 0.717) is 6.54 Å². The van der Waals surface area contributed by atoms with Crippen LogP contribution in [0.1, 0.15) is 18.9 Å². The first-order chi connectivity index (χ1) is 6.67. The van der Waals surface area contributed by atoms with E-state index in [4.69, 9.17) is 0 Å². The van der Waals surface area contributed by atoms with E-state index in [0.717, 1.165) is 6.42 Å². The van der Waals surface area contributed by atoms with Gasteiger partial charge in [0, 0.05) is 18.0 Å². The number of hydrogen-bond donors (Lipinski definition) is 1. The second-order valence-corrected chi connectivity index (χ2v) is 3.12. The molecule has 1 aromatic rings. The molecule has 1 aromatic heterocycles. The van der Waals surface area contributed by atoms with Crippen molar-refractivity contribution in [3.63, 3.8) is 0 Å². The number of halogens is 2. The van der Waals surface area contributed by atoms with E-state index in [9.17, 15) is 8.78 Å². The summed E-state index contributed by atoms with van der Waals surface area (Å²) in [4.78, 5) is 3.67. The van der Waals surface area contributed by atoms with Crippen LogP contribution in [0.5, 0.6) is 0 Å². The summed E-state index contributed by atoms with van der Waals surface area (Å²) in [5, 5.41) is 2.70. The van der Waals surface area contributed by atoms with E-state index in [2.05, 4.69) is 10.3 Å². The Morgan fingerprint density at radius 2 is 2.29 bits per heavy atom. The number of nitrogens with one attached hydrogen (secondary N) is 1. The highest BCUT2D eigenvalue weighted by Gasteiger charge is 2.30. The largest absolute Gasteiger partial charge is 0.311 e. The number of alkyl halides is 2. The number of aromatic nitrogens is 1. The van der Waals surface area contributed by atoms with Gasteiger partial charge in [-0.25, -0.2) is 0 Å². The molecule has 0 atom stereocenters. The lowest BCUT2D eigenvalue weighted by molar-refractivity contribution is -0.00323. The van der Waals surface area contributed by atoms with Crippen LogP contribution in [0.4, 0.5) is 8.78 Å². The summed E-state index contributed by atoms with van der Waals surface area (Å²) in [5.74, 6) is -2.83. The van der Waals surface area contributed by atoms with Crippen molar-refractivity contribution in [1.29, 1.82) is 0 Å². The summed E-state index contributed by atoms with van der Waals surface area (Å²) >= 11 is 0. The first kappa shape index (κ1) is 11.0. The fourth-order valence-corrected chi connectivity index (χ4v) is 1.10. The lowest BCUT2D eigenvalue weighted by Gasteiger charge is -2.16. The van der Waals surface area contributed by atoms with Crippen LogP contribution in [-0.4, -0.2) is 18.1 Å². The van der Waals surface area contributed by atoms with Crippen molar-refractivity contribution in [2.45, 2.75) is 19.3 Å². The molecular weight excluding hydrogens is 186 g/mol. The highest BCUT2D eigenvalue weighted by molar-refractivity contribution is 5.15. The van der Waals surface area contributed by atoms with Gasteiger partial charge in [-0.15, -0.1) is 0 Å². The van der Waals surface area contributed by atoms with Crippen molar-refractivity contribution in [3.05, 3.63) is 30.1 Å². The third kappa shape index (κ3) is 3.03. The summed E-state index contributed by atoms with van der Waals surface area (Å²) in [5.41, 5.74) is -0.0383. The van der Waals surface area contributed by atoms with Gasteiger partial charge in [0.2, 0.25) is 0 Å². The Labute approximate surface area is 82.4 Å². The molecule has 0 bridgehead atoms. The lowest BCUT2D eigenvalue weighted by Crippen LogP contribution is -2.31. The molecule has 0 fully saturated rings. The third-order valence-corrected chi connectivity index (χ3v) is 1.86. The van der Waals surface area contributed by atoms with Crippen molar-refractivity contribution in [2.75, 3.05) is 13.1 Å². The number of pyridine rings is 1. The Kier molecular flexibility index (Phi) is 3.95. The maximum absolute atomic E-state index is 13.4. The molecule has 14 heavy (non-hydrogen) atoms. The van der Waals surface area contributed by atoms with Gasteiger partial charge < -0.3 is 5.32 Å². The average Bonchev–Trinajstić information content (AvgIpc) is 2.19. The van der Waals surface area contributed by atoms with Crippen LogP contribution in [0, 0.1) is 0 Å². The van der Waals surface area contributed by atoms with Crippen molar-refractivity contribution >= 4 is 0 Å². The molecule has 0 unspecified atom stereocenters. The van der Waals surface area contributed by atoms with Crippen LogP contribution in [0.15, 0.2) is 24.5 Å². The number of hydrogen-bond acceptors (Lipinski definition) is 2. The summed E-state index contributed by atoms with van der Waals surface area (Å²) in [6.45, 7) is 2.22. The second-order valence-electron chi connectivity index (χ2n) is 3.12. The molecule has 2 nitrogen and oxygen atoms in total. The van der Waals surface area contributed by atoms with Gasteiger partial charge in [-0.1, -0.05) is 6.92 Å². The van der Waals surface area contributed by atoms with E-state index >= 15 is 0 Å². The van der Waals surface area contributed by atoms with Crippen LogP contribution < -0.4 is 5.32 Å². The highest BCUT2D eigenvalue weighted by Crippen LogP contribution is 2.25. The molecule has 4 heteroatoms. The van der Waals surface area contributed by atoms with Gasteiger partial charge in [0.25, 0.3) is 5.92 Å². The molecule has 1 N–H and O–H groups in total. The van der Waals surface area contributed by atoms with Gasteiger partial charge in [-0.2, -0.15) is 8.78 Å². The SMILES string of the molecule is CCCNCC(F)(F)c1cccnc1. The Morgan fingerprint density at radius 3 is 2.86 bits per heavy atom. The van der Waals surface area contributed by atoms with Crippen molar-refractivity contribution in [3.8, 4) is 0 Å². The first-order valence-electron chi connectivity index (χ1n) is 4.66. The molecule has 0 radical (unpaired) electrons. The quantitative estimate of drug-likeness (QED) is 0.737. The average molecular weight is 200 g/mol. The first-order valence-corrected chi connectivity index (χ1v) is 4.66. The third-order valence-electron chi connectivity index (χ3n) is 1.86. The van der Waals surface area contributed by atoms with Crippen LogP contribution in [-0.2, 0) is 5.92 Å². The number of rotatable bonds is 5. The topological polar surface area (TPSA) is 24.9 Å². The standard InChI is InChI=1S/C10H14F2N2/c1-2-5-14-8-10(11,12)9-4-3-6-13-7-9/h3-4,6-7,14H,2,5,8H2,1H3. The van der Waals surface area contributed by atoms with Gasteiger partial charge in [0.15, 0.2) is 0 Å². The molecule has 0 aliphatic rings. The van der Waals surface area contributed by atoms with Gasteiger partial charge in [-0.05, 0) is 25.1 Å². The molecule has 78 valence electrons. The maximum atomic E-state index is 13.4. The second kappa shape index (κ2) is 5.00. The Bertz CT molecular complexity index is 262. The van der Waals surface area contributed by atoms with E-state index < -0.39 is 5.92 Å². The zero-order chi connectivity index (χ0) is 10.4. The summed E-state index contributed by atoms with van der Waals surface area (Å²) in [6.07, 6.45) is 3.54. The summed E-state index contributed by atoms with van der Waals surface area (Å²) in [6, 6.07) is 2.91. The van der Waals surface area contributed by atoms with E-state index in [1.807, 2.05) is 6.92 Å². The van der Waals surface area contributed by atoms with Gasteiger partial charge in [-0.3, -0.25) is 4.98 Å². The molecule has 1 heterocycles. The smallest absolute Gasteiger partial charge is 0.286 e. The van der Waals surface area contributed by atoms with E-state index in [-0.39, 0.29) is 12.1 Å². The van der Waals surface area contributed by atoms with Crippen molar-refractivity contribution < 1.29 is 8.78 Å². The fraction of sp³-hybridized carbons (Fsp3) is 0.500. The molecule has 1 rings (SSSR count). The maximum Gasteiger partial charge on any atom is 0.286 e. The molecule has 0 saturated carbocycles. The molecule has 0 aromatic carbocycles. The predicted molar refractivity (Wildman–Crippen MR) is 51.3 cm³/mol. The summed E-state index contributed by atoms with van der Waals surface area (Å²) < 4.78 is 26.8. The molecule has 0 aliphatic carbocycles. The molecule has 0 spiro atoms. The zero-order valence-corrected chi connectivity index (χ0v) is 8.13.